The molecule has 1 saturated heterocycles. The van der Waals surface area contributed by atoms with Gasteiger partial charge in [0.2, 0.25) is 5.96 Å². The zero-order chi connectivity index (χ0) is 10.8. The Morgan fingerprint density at radius 2 is 1.93 bits per heavy atom. The van der Waals surface area contributed by atoms with Crippen molar-refractivity contribution in [2.24, 2.45) is 4.99 Å². The maximum atomic E-state index is 4.58. The van der Waals surface area contributed by atoms with Gasteiger partial charge in [0.05, 0.1) is 0 Å². The summed E-state index contributed by atoms with van der Waals surface area (Å²) in [6, 6.07) is 3.96. The lowest BCUT2D eigenvalue weighted by atomic mass is 10.3. The second kappa shape index (κ2) is 3.88. The van der Waals surface area contributed by atoms with E-state index in [9.17, 15) is 0 Å². The summed E-state index contributed by atoms with van der Waals surface area (Å²) >= 11 is 0. The first-order valence-corrected chi connectivity index (χ1v) is 5.11. The summed E-state index contributed by atoms with van der Waals surface area (Å²) in [7, 11) is 4.11. The van der Waals surface area contributed by atoms with Crippen LogP contribution in [-0.4, -0.2) is 47.9 Å². The fraction of sp³-hybridized carbons (Fsp3) is 0.455. The molecule has 15 heavy (non-hydrogen) atoms. The fourth-order valence-electron chi connectivity index (χ4n) is 1.65. The van der Waals surface area contributed by atoms with Gasteiger partial charge in [0.15, 0.2) is 5.82 Å². The maximum Gasteiger partial charge on any atom is 0.202 e. The van der Waals surface area contributed by atoms with Gasteiger partial charge in [0.1, 0.15) is 0 Å². The van der Waals surface area contributed by atoms with Crippen LogP contribution in [0.5, 0.6) is 0 Å². The van der Waals surface area contributed by atoms with Gasteiger partial charge in [0, 0.05) is 33.4 Å². The summed E-state index contributed by atoms with van der Waals surface area (Å²) in [5, 5.41) is 0. The van der Waals surface area contributed by atoms with Gasteiger partial charge in [-0.3, -0.25) is 0 Å². The van der Waals surface area contributed by atoms with Crippen LogP contribution in [0.2, 0.25) is 0 Å². The van der Waals surface area contributed by atoms with E-state index in [4.69, 9.17) is 0 Å². The first-order chi connectivity index (χ1) is 7.18. The zero-order valence-corrected chi connectivity index (χ0v) is 9.44. The topological polar surface area (TPSA) is 31.7 Å². The van der Waals surface area contributed by atoms with Gasteiger partial charge in [-0.05, 0) is 18.6 Å². The van der Waals surface area contributed by atoms with Crippen LogP contribution < -0.4 is 0 Å². The maximum absolute atomic E-state index is 4.58. The molecule has 2 heterocycles. The van der Waals surface area contributed by atoms with Gasteiger partial charge in [-0.2, -0.15) is 4.99 Å². The molecular formula is C11H16N4. The molecule has 0 atom stereocenters. The average molecular weight is 204 g/mol. The third-order valence-electron chi connectivity index (χ3n) is 2.64. The minimum Gasteiger partial charge on any atom is -0.344 e. The molecule has 80 valence electrons. The molecule has 0 N–H and O–H groups in total. The second-order valence-corrected chi connectivity index (χ2v) is 3.90. The summed E-state index contributed by atoms with van der Waals surface area (Å²) < 4.78 is 0. The number of pyridine rings is 1. The van der Waals surface area contributed by atoms with Crippen molar-refractivity contribution in [1.82, 2.24) is 14.8 Å². The Balaban J connectivity index is 2.33. The van der Waals surface area contributed by atoms with Crippen molar-refractivity contribution in [2.45, 2.75) is 6.92 Å². The number of likely N-dealkylation sites (N-methyl/N-ethyl adjacent to an activating group) is 2. The summed E-state index contributed by atoms with van der Waals surface area (Å²) in [5.41, 5.74) is 1.11. The molecular weight excluding hydrogens is 188 g/mol. The molecule has 4 nitrogen and oxygen atoms in total. The Morgan fingerprint density at radius 1 is 1.27 bits per heavy atom. The minimum atomic E-state index is 0.813. The highest BCUT2D eigenvalue weighted by molar-refractivity contribution is 5.83. The lowest BCUT2D eigenvalue weighted by Gasteiger charge is -2.15. The molecule has 1 aromatic rings. The van der Waals surface area contributed by atoms with E-state index >= 15 is 0 Å². The van der Waals surface area contributed by atoms with Gasteiger partial charge >= 0.3 is 0 Å². The Hall–Kier alpha value is -1.58. The number of aromatic nitrogens is 1. The average Bonchev–Trinajstić information content (AvgIpc) is 2.53. The molecule has 0 spiro atoms. The van der Waals surface area contributed by atoms with Crippen LogP contribution >= 0.6 is 0 Å². The fourth-order valence-corrected chi connectivity index (χ4v) is 1.65. The Bertz CT molecular complexity index is 374. The number of aliphatic imine (C=N–C) groups is 1. The van der Waals surface area contributed by atoms with Crippen LogP contribution in [0.15, 0.2) is 23.3 Å². The lowest BCUT2D eigenvalue weighted by molar-refractivity contribution is 0.553. The van der Waals surface area contributed by atoms with Crippen LogP contribution in [0, 0.1) is 6.92 Å². The first kappa shape index (κ1) is 9.96. The molecule has 1 aliphatic heterocycles. The molecule has 1 aromatic heterocycles. The zero-order valence-electron chi connectivity index (χ0n) is 9.44. The molecule has 0 saturated carbocycles. The monoisotopic (exact) mass is 204 g/mol. The van der Waals surface area contributed by atoms with Crippen molar-refractivity contribution >= 4 is 11.8 Å². The quantitative estimate of drug-likeness (QED) is 0.690. The van der Waals surface area contributed by atoms with E-state index < -0.39 is 0 Å². The molecule has 4 heteroatoms. The van der Waals surface area contributed by atoms with Crippen LogP contribution in [0.1, 0.15) is 5.56 Å². The van der Waals surface area contributed by atoms with Crippen molar-refractivity contribution in [3.05, 3.63) is 23.9 Å². The van der Waals surface area contributed by atoms with E-state index in [0.29, 0.717) is 0 Å². The third kappa shape index (κ3) is 1.93. The van der Waals surface area contributed by atoms with Crippen LogP contribution in [0.4, 0.5) is 5.82 Å². The lowest BCUT2D eigenvalue weighted by Crippen LogP contribution is -2.28. The number of guanidine groups is 1. The van der Waals surface area contributed by atoms with E-state index in [1.807, 2.05) is 19.1 Å². The Kier molecular flexibility index (Phi) is 2.58. The molecule has 2 rings (SSSR count). The van der Waals surface area contributed by atoms with Crippen LogP contribution in [0.25, 0.3) is 0 Å². The van der Waals surface area contributed by atoms with Crippen molar-refractivity contribution in [3.8, 4) is 0 Å². The standard InChI is InChI=1S/C11H16N4/c1-9-5-4-6-12-10(9)13-11-14(2)7-8-15(11)3/h4-6H,7-8H2,1-3H3. The largest absolute Gasteiger partial charge is 0.344 e. The number of rotatable bonds is 1. The van der Waals surface area contributed by atoms with E-state index in [0.717, 1.165) is 30.4 Å². The highest BCUT2D eigenvalue weighted by Gasteiger charge is 2.19. The molecule has 0 aromatic carbocycles. The summed E-state index contributed by atoms with van der Waals surface area (Å²) in [4.78, 5) is 13.1. The van der Waals surface area contributed by atoms with Crippen molar-refractivity contribution in [2.75, 3.05) is 27.2 Å². The van der Waals surface area contributed by atoms with E-state index in [1.54, 1.807) is 6.20 Å². The minimum absolute atomic E-state index is 0.813. The summed E-state index contributed by atoms with van der Waals surface area (Å²) in [6.45, 7) is 4.09. The Morgan fingerprint density at radius 3 is 2.53 bits per heavy atom. The predicted molar refractivity (Wildman–Crippen MR) is 61.3 cm³/mol. The van der Waals surface area contributed by atoms with Crippen molar-refractivity contribution in [1.29, 1.82) is 0 Å². The van der Waals surface area contributed by atoms with E-state index in [-0.39, 0.29) is 0 Å². The van der Waals surface area contributed by atoms with Crippen molar-refractivity contribution in [3.63, 3.8) is 0 Å². The number of hydrogen-bond donors (Lipinski definition) is 0. The van der Waals surface area contributed by atoms with Gasteiger partial charge in [-0.15, -0.1) is 0 Å². The molecule has 0 unspecified atom stereocenters. The molecule has 0 amide bonds. The summed E-state index contributed by atoms with van der Waals surface area (Å²) in [5.74, 6) is 1.81. The normalized spacial score (nSPS) is 16.1. The smallest absolute Gasteiger partial charge is 0.202 e. The molecule has 0 aliphatic carbocycles. The number of aryl methyl sites for hydroxylation is 1. The van der Waals surface area contributed by atoms with Crippen LogP contribution in [-0.2, 0) is 0 Å². The van der Waals surface area contributed by atoms with E-state index in [2.05, 4.69) is 33.9 Å². The molecule has 1 fully saturated rings. The first-order valence-electron chi connectivity index (χ1n) is 5.11. The highest BCUT2D eigenvalue weighted by Crippen LogP contribution is 2.16. The number of hydrogen-bond acceptors (Lipinski definition) is 2. The highest BCUT2D eigenvalue weighted by atomic mass is 15.4. The number of nitrogens with zero attached hydrogens (tertiary/aromatic N) is 4. The van der Waals surface area contributed by atoms with Crippen LogP contribution in [0.3, 0.4) is 0 Å². The SMILES string of the molecule is Cc1cccnc1N=C1N(C)CCN1C. The van der Waals surface area contributed by atoms with Gasteiger partial charge < -0.3 is 9.80 Å². The Labute approximate surface area is 90.2 Å². The van der Waals surface area contributed by atoms with Crippen molar-refractivity contribution < 1.29 is 0 Å². The van der Waals surface area contributed by atoms with Gasteiger partial charge in [-0.1, -0.05) is 6.07 Å². The summed E-state index contributed by atoms with van der Waals surface area (Å²) in [6.07, 6.45) is 1.78. The predicted octanol–water partition coefficient (Wildman–Crippen LogP) is 1.25. The molecule has 1 aliphatic rings. The third-order valence-corrected chi connectivity index (χ3v) is 2.64. The molecule has 0 bridgehead atoms. The van der Waals surface area contributed by atoms with Gasteiger partial charge in [0.25, 0.3) is 0 Å². The van der Waals surface area contributed by atoms with E-state index in [1.165, 1.54) is 0 Å². The molecule has 0 radical (unpaired) electrons. The van der Waals surface area contributed by atoms with Gasteiger partial charge in [-0.25, -0.2) is 4.98 Å². The second-order valence-electron chi connectivity index (χ2n) is 3.90.